The molecule has 1 atom stereocenters. The molecular formula is C13H20N2O3. The minimum Gasteiger partial charge on any atom is -0.489 e. The molecule has 0 spiro atoms. The van der Waals surface area contributed by atoms with E-state index in [1.807, 2.05) is 25.1 Å². The summed E-state index contributed by atoms with van der Waals surface area (Å²) in [4.78, 5) is 0. The van der Waals surface area contributed by atoms with Crippen molar-refractivity contribution in [3.05, 3.63) is 18.2 Å². The highest BCUT2D eigenvalue weighted by molar-refractivity contribution is 5.63. The van der Waals surface area contributed by atoms with Crippen LogP contribution in [0, 0.1) is 0 Å². The van der Waals surface area contributed by atoms with Crippen LogP contribution in [0.15, 0.2) is 18.2 Å². The van der Waals surface area contributed by atoms with Crippen LogP contribution >= 0.6 is 0 Å². The van der Waals surface area contributed by atoms with E-state index >= 15 is 0 Å². The second-order valence-corrected chi connectivity index (χ2v) is 4.14. The van der Waals surface area contributed by atoms with E-state index in [1.54, 1.807) is 0 Å². The van der Waals surface area contributed by atoms with Crippen molar-refractivity contribution in [3.63, 3.8) is 0 Å². The Balaban J connectivity index is 1.83. The van der Waals surface area contributed by atoms with Crippen LogP contribution in [-0.4, -0.2) is 39.1 Å². The number of hydrogen-bond donors (Lipinski definition) is 2. The molecule has 5 heteroatoms. The molecule has 3 N–H and O–H groups in total. The maximum absolute atomic E-state index is 5.74. The first-order valence-corrected chi connectivity index (χ1v) is 6.25. The molecule has 1 aliphatic heterocycles. The number of nitrogens with one attached hydrogen (secondary N) is 1. The SMILES string of the molecule is CCOCCO[C@H]1CNc2cc(N)ccc2OC1. The van der Waals surface area contributed by atoms with Crippen molar-refractivity contribution in [1.82, 2.24) is 0 Å². The third-order valence-electron chi connectivity index (χ3n) is 2.73. The van der Waals surface area contributed by atoms with Gasteiger partial charge in [-0.25, -0.2) is 0 Å². The van der Waals surface area contributed by atoms with Gasteiger partial charge in [-0.3, -0.25) is 0 Å². The van der Waals surface area contributed by atoms with Crippen molar-refractivity contribution in [2.24, 2.45) is 0 Å². The van der Waals surface area contributed by atoms with E-state index in [2.05, 4.69) is 5.32 Å². The van der Waals surface area contributed by atoms with Crippen molar-refractivity contribution in [1.29, 1.82) is 0 Å². The number of rotatable bonds is 5. The van der Waals surface area contributed by atoms with Crippen molar-refractivity contribution in [2.75, 3.05) is 44.0 Å². The Kier molecular flexibility index (Phi) is 4.66. The summed E-state index contributed by atoms with van der Waals surface area (Å²) >= 11 is 0. The van der Waals surface area contributed by atoms with Gasteiger partial charge in [0.15, 0.2) is 0 Å². The second-order valence-electron chi connectivity index (χ2n) is 4.14. The summed E-state index contributed by atoms with van der Waals surface area (Å²) in [5.41, 5.74) is 7.38. The number of nitrogen functional groups attached to an aromatic ring is 1. The molecule has 0 aliphatic carbocycles. The predicted molar refractivity (Wildman–Crippen MR) is 71.1 cm³/mol. The molecule has 1 aromatic rings. The van der Waals surface area contributed by atoms with Crippen molar-refractivity contribution >= 4 is 11.4 Å². The van der Waals surface area contributed by atoms with E-state index < -0.39 is 0 Å². The summed E-state index contributed by atoms with van der Waals surface area (Å²) in [6.45, 7) is 5.14. The zero-order valence-corrected chi connectivity index (χ0v) is 10.6. The Hall–Kier alpha value is -1.46. The third-order valence-corrected chi connectivity index (χ3v) is 2.73. The first-order chi connectivity index (χ1) is 8.79. The quantitative estimate of drug-likeness (QED) is 0.614. The number of ether oxygens (including phenoxy) is 3. The highest BCUT2D eigenvalue weighted by atomic mass is 16.6. The lowest BCUT2D eigenvalue weighted by molar-refractivity contribution is -0.00434. The Bertz CT molecular complexity index is 384. The van der Waals surface area contributed by atoms with Crippen LogP contribution in [0.25, 0.3) is 0 Å². The molecule has 5 nitrogen and oxygen atoms in total. The molecule has 0 bridgehead atoms. The van der Waals surface area contributed by atoms with Crippen LogP contribution in [0.5, 0.6) is 5.75 Å². The number of anilines is 2. The van der Waals surface area contributed by atoms with E-state index in [-0.39, 0.29) is 6.10 Å². The van der Waals surface area contributed by atoms with Crippen LogP contribution in [0.1, 0.15) is 6.92 Å². The molecule has 100 valence electrons. The first kappa shape index (κ1) is 13.0. The summed E-state index contributed by atoms with van der Waals surface area (Å²) in [5, 5.41) is 3.29. The van der Waals surface area contributed by atoms with Gasteiger partial charge in [0.2, 0.25) is 0 Å². The van der Waals surface area contributed by atoms with Gasteiger partial charge in [-0.1, -0.05) is 0 Å². The van der Waals surface area contributed by atoms with E-state index in [4.69, 9.17) is 19.9 Å². The lowest BCUT2D eigenvalue weighted by Gasteiger charge is -2.15. The fourth-order valence-electron chi connectivity index (χ4n) is 1.80. The number of nitrogens with two attached hydrogens (primary N) is 1. The van der Waals surface area contributed by atoms with Crippen LogP contribution in [0.4, 0.5) is 11.4 Å². The van der Waals surface area contributed by atoms with Gasteiger partial charge in [0.1, 0.15) is 18.5 Å². The van der Waals surface area contributed by atoms with Crippen LogP contribution in [-0.2, 0) is 9.47 Å². The maximum Gasteiger partial charge on any atom is 0.142 e. The Morgan fingerprint density at radius 1 is 1.44 bits per heavy atom. The minimum atomic E-state index is 0.0269. The molecule has 0 radical (unpaired) electrons. The van der Waals surface area contributed by atoms with Gasteiger partial charge in [-0.05, 0) is 25.1 Å². The summed E-state index contributed by atoms with van der Waals surface area (Å²) in [6.07, 6.45) is 0.0269. The minimum absolute atomic E-state index is 0.0269. The van der Waals surface area contributed by atoms with Gasteiger partial charge < -0.3 is 25.3 Å². The smallest absolute Gasteiger partial charge is 0.142 e. The average Bonchev–Trinajstić information content (AvgIpc) is 2.57. The average molecular weight is 252 g/mol. The molecule has 1 aliphatic rings. The molecule has 18 heavy (non-hydrogen) atoms. The van der Waals surface area contributed by atoms with Crippen LogP contribution < -0.4 is 15.8 Å². The lowest BCUT2D eigenvalue weighted by atomic mass is 10.2. The highest BCUT2D eigenvalue weighted by Gasteiger charge is 2.17. The molecule has 2 rings (SSSR count). The van der Waals surface area contributed by atoms with E-state index in [9.17, 15) is 0 Å². The summed E-state index contributed by atoms with van der Waals surface area (Å²) in [6, 6.07) is 5.58. The topological polar surface area (TPSA) is 65.7 Å². The van der Waals surface area contributed by atoms with Crippen LogP contribution in [0.3, 0.4) is 0 Å². The van der Waals surface area contributed by atoms with Gasteiger partial charge >= 0.3 is 0 Å². The van der Waals surface area contributed by atoms with Gasteiger partial charge in [0, 0.05) is 18.8 Å². The summed E-state index contributed by atoms with van der Waals surface area (Å²) < 4.78 is 16.6. The lowest BCUT2D eigenvalue weighted by Crippen LogP contribution is -2.28. The molecule has 0 aromatic heterocycles. The summed E-state index contributed by atoms with van der Waals surface area (Å²) in [5.74, 6) is 0.820. The largest absolute Gasteiger partial charge is 0.489 e. The van der Waals surface area contributed by atoms with Gasteiger partial charge in [0.25, 0.3) is 0 Å². The number of benzene rings is 1. The molecule has 0 saturated heterocycles. The third kappa shape index (κ3) is 3.51. The number of fused-ring (bicyclic) bond motifs is 1. The highest BCUT2D eigenvalue weighted by Crippen LogP contribution is 2.28. The molecule has 0 unspecified atom stereocenters. The normalized spacial score (nSPS) is 18.4. The fourth-order valence-corrected chi connectivity index (χ4v) is 1.80. The van der Waals surface area contributed by atoms with E-state index in [0.29, 0.717) is 33.0 Å². The van der Waals surface area contributed by atoms with Gasteiger partial charge in [0.05, 0.1) is 18.9 Å². The van der Waals surface area contributed by atoms with Crippen molar-refractivity contribution in [2.45, 2.75) is 13.0 Å². The Labute approximate surface area is 107 Å². The molecule has 1 aromatic carbocycles. The second kappa shape index (κ2) is 6.47. The zero-order chi connectivity index (χ0) is 12.8. The number of hydrogen-bond acceptors (Lipinski definition) is 5. The van der Waals surface area contributed by atoms with Gasteiger partial charge in [-0.2, -0.15) is 0 Å². The Morgan fingerprint density at radius 3 is 3.17 bits per heavy atom. The summed E-state index contributed by atoms with van der Waals surface area (Å²) in [7, 11) is 0. The molecular weight excluding hydrogens is 232 g/mol. The van der Waals surface area contributed by atoms with Crippen molar-refractivity contribution in [3.8, 4) is 5.75 Å². The molecule has 0 amide bonds. The maximum atomic E-state index is 5.74. The zero-order valence-electron chi connectivity index (χ0n) is 10.6. The monoisotopic (exact) mass is 252 g/mol. The van der Waals surface area contributed by atoms with E-state index in [1.165, 1.54) is 0 Å². The predicted octanol–water partition coefficient (Wildman–Crippen LogP) is 1.49. The molecule has 1 heterocycles. The fraction of sp³-hybridized carbons (Fsp3) is 0.538. The Morgan fingerprint density at radius 2 is 2.33 bits per heavy atom. The molecule has 0 fully saturated rings. The van der Waals surface area contributed by atoms with Crippen molar-refractivity contribution < 1.29 is 14.2 Å². The van der Waals surface area contributed by atoms with Gasteiger partial charge in [-0.15, -0.1) is 0 Å². The van der Waals surface area contributed by atoms with Crippen LogP contribution in [0.2, 0.25) is 0 Å². The first-order valence-electron chi connectivity index (χ1n) is 6.25. The molecule has 0 saturated carbocycles. The standard InChI is InChI=1S/C13H20N2O3/c1-2-16-5-6-17-11-8-15-12-7-10(14)3-4-13(12)18-9-11/h3-4,7,11,15H,2,5-6,8-9,14H2,1H3/t11-/m0/s1. The van der Waals surface area contributed by atoms with E-state index in [0.717, 1.165) is 17.1 Å².